The van der Waals surface area contributed by atoms with Gasteiger partial charge in [-0.2, -0.15) is 4.68 Å². The van der Waals surface area contributed by atoms with Crippen molar-refractivity contribution >= 4 is 33.5 Å². The summed E-state index contributed by atoms with van der Waals surface area (Å²) in [5, 5.41) is 18.0. The van der Waals surface area contributed by atoms with E-state index < -0.39 is 6.04 Å². The molecule has 1 aromatic heterocycles. The van der Waals surface area contributed by atoms with E-state index >= 15 is 0 Å². The Morgan fingerprint density at radius 2 is 2.00 bits per heavy atom. The molecule has 8 heteroatoms. The molecule has 136 valence electrons. The zero-order valence-electron chi connectivity index (χ0n) is 14.8. The van der Waals surface area contributed by atoms with Gasteiger partial charge in [-0.25, -0.2) is 0 Å². The summed E-state index contributed by atoms with van der Waals surface area (Å²) in [7, 11) is 0. The predicted octanol–water partition coefficient (Wildman–Crippen LogP) is 3.67. The number of allylic oxidation sites excluding steroid dienone is 1. The van der Waals surface area contributed by atoms with Gasteiger partial charge in [-0.05, 0) is 53.6 Å². The van der Waals surface area contributed by atoms with Crippen LogP contribution in [0.3, 0.4) is 0 Å². The van der Waals surface area contributed by atoms with Crippen molar-refractivity contribution in [1.29, 1.82) is 0 Å². The Bertz CT molecular complexity index is 1060. The van der Waals surface area contributed by atoms with Gasteiger partial charge in [0.05, 0.1) is 5.57 Å². The van der Waals surface area contributed by atoms with E-state index in [2.05, 4.69) is 42.1 Å². The zero-order valence-corrected chi connectivity index (χ0v) is 16.4. The number of para-hydroxylation sites is 1. The van der Waals surface area contributed by atoms with E-state index in [1.807, 2.05) is 62.4 Å². The minimum atomic E-state index is -0.433. The minimum absolute atomic E-state index is 0.194. The van der Waals surface area contributed by atoms with E-state index in [9.17, 15) is 4.79 Å². The maximum absolute atomic E-state index is 13.2. The Kier molecular flexibility index (Phi) is 4.49. The van der Waals surface area contributed by atoms with Crippen molar-refractivity contribution in [2.75, 3.05) is 10.6 Å². The van der Waals surface area contributed by atoms with Crippen molar-refractivity contribution in [2.45, 2.75) is 19.9 Å². The predicted molar refractivity (Wildman–Crippen MR) is 106 cm³/mol. The molecule has 27 heavy (non-hydrogen) atoms. The number of halogens is 1. The summed E-state index contributed by atoms with van der Waals surface area (Å²) in [4.78, 5) is 13.2. The molecule has 2 aromatic carbocycles. The second-order valence-corrected chi connectivity index (χ2v) is 7.25. The van der Waals surface area contributed by atoms with E-state index in [0.29, 0.717) is 17.2 Å². The Balaban J connectivity index is 1.79. The second kappa shape index (κ2) is 6.96. The van der Waals surface area contributed by atoms with Crippen molar-refractivity contribution < 1.29 is 4.79 Å². The smallest absolute Gasteiger partial charge is 0.255 e. The Labute approximate surface area is 164 Å². The minimum Gasteiger partial charge on any atom is -0.326 e. The van der Waals surface area contributed by atoms with Gasteiger partial charge in [0.25, 0.3) is 5.91 Å². The van der Waals surface area contributed by atoms with Crippen LogP contribution in [0.2, 0.25) is 0 Å². The van der Waals surface area contributed by atoms with Gasteiger partial charge in [0.1, 0.15) is 6.04 Å². The van der Waals surface area contributed by atoms with Gasteiger partial charge in [0.2, 0.25) is 5.95 Å². The molecule has 0 radical (unpaired) electrons. The number of benzene rings is 2. The number of carbonyl (C=O) groups excluding carboxylic acids is 1. The number of rotatable bonds is 3. The molecular weight excluding hydrogens is 408 g/mol. The lowest BCUT2D eigenvalue weighted by atomic mass is 9.95. The average Bonchev–Trinajstić information content (AvgIpc) is 3.10. The number of hydrogen-bond acceptors (Lipinski definition) is 5. The van der Waals surface area contributed by atoms with Crippen molar-refractivity contribution in [1.82, 2.24) is 20.2 Å². The first-order valence-electron chi connectivity index (χ1n) is 8.42. The van der Waals surface area contributed by atoms with Gasteiger partial charge in [-0.15, -0.1) is 0 Å². The van der Waals surface area contributed by atoms with Crippen LogP contribution in [0.4, 0.5) is 11.6 Å². The second-order valence-electron chi connectivity index (χ2n) is 6.34. The van der Waals surface area contributed by atoms with Gasteiger partial charge in [0.15, 0.2) is 0 Å². The highest BCUT2D eigenvalue weighted by molar-refractivity contribution is 9.10. The van der Waals surface area contributed by atoms with Crippen molar-refractivity contribution in [3.63, 3.8) is 0 Å². The third-order valence-corrected chi connectivity index (χ3v) is 5.01. The van der Waals surface area contributed by atoms with Gasteiger partial charge in [0, 0.05) is 15.9 Å². The SMILES string of the molecule is CC1=C(C(=O)Nc2ccccc2C)C(c2cccc(Br)c2)n2nnnc2N1. The highest BCUT2D eigenvalue weighted by Crippen LogP contribution is 2.35. The molecule has 4 rings (SSSR count). The first-order chi connectivity index (χ1) is 13.0. The van der Waals surface area contributed by atoms with Gasteiger partial charge in [-0.3, -0.25) is 4.79 Å². The Morgan fingerprint density at radius 3 is 2.78 bits per heavy atom. The molecule has 1 aliphatic rings. The Morgan fingerprint density at radius 1 is 1.19 bits per heavy atom. The van der Waals surface area contributed by atoms with Crippen LogP contribution in [-0.4, -0.2) is 26.1 Å². The van der Waals surface area contributed by atoms with E-state index in [1.165, 1.54) is 0 Å². The van der Waals surface area contributed by atoms with Crippen LogP contribution in [-0.2, 0) is 4.79 Å². The summed E-state index contributed by atoms with van der Waals surface area (Å²) in [5.74, 6) is 0.311. The molecule has 0 saturated heterocycles. The van der Waals surface area contributed by atoms with Gasteiger partial charge >= 0.3 is 0 Å². The molecule has 1 unspecified atom stereocenters. The molecule has 0 bridgehead atoms. The lowest BCUT2D eigenvalue weighted by Gasteiger charge is -2.28. The van der Waals surface area contributed by atoms with Gasteiger partial charge < -0.3 is 10.6 Å². The van der Waals surface area contributed by atoms with Crippen molar-refractivity contribution in [3.05, 3.63) is 75.4 Å². The van der Waals surface area contributed by atoms with Crippen LogP contribution in [0.1, 0.15) is 24.1 Å². The lowest BCUT2D eigenvalue weighted by Crippen LogP contribution is -2.31. The number of carbonyl (C=O) groups is 1. The topological polar surface area (TPSA) is 84.7 Å². The summed E-state index contributed by atoms with van der Waals surface area (Å²) in [6.07, 6.45) is 0. The molecule has 0 fully saturated rings. The summed E-state index contributed by atoms with van der Waals surface area (Å²) in [6, 6.07) is 15.0. The number of aromatic nitrogens is 4. The quantitative estimate of drug-likeness (QED) is 0.669. The molecule has 1 atom stereocenters. The maximum Gasteiger partial charge on any atom is 0.255 e. The normalized spacial score (nSPS) is 15.9. The van der Waals surface area contributed by atoms with Crippen LogP contribution >= 0.6 is 15.9 Å². The molecule has 1 aliphatic heterocycles. The molecule has 2 heterocycles. The molecular formula is C19H17BrN6O. The van der Waals surface area contributed by atoms with E-state index in [0.717, 1.165) is 21.3 Å². The Hall–Kier alpha value is -3.00. The zero-order chi connectivity index (χ0) is 19.0. The van der Waals surface area contributed by atoms with E-state index in [4.69, 9.17) is 0 Å². The molecule has 3 aromatic rings. The first kappa shape index (κ1) is 17.4. The molecule has 0 saturated carbocycles. The molecule has 2 N–H and O–H groups in total. The lowest BCUT2D eigenvalue weighted by molar-refractivity contribution is -0.113. The van der Waals surface area contributed by atoms with Crippen molar-refractivity contribution in [2.24, 2.45) is 0 Å². The highest BCUT2D eigenvalue weighted by Gasteiger charge is 2.34. The third-order valence-electron chi connectivity index (χ3n) is 4.52. The van der Waals surface area contributed by atoms with Crippen molar-refractivity contribution in [3.8, 4) is 0 Å². The molecule has 0 aliphatic carbocycles. The highest BCUT2D eigenvalue weighted by atomic mass is 79.9. The summed E-state index contributed by atoms with van der Waals surface area (Å²) in [6.45, 7) is 3.82. The molecule has 1 amide bonds. The largest absolute Gasteiger partial charge is 0.326 e. The number of tetrazole rings is 1. The van der Waals surface area contributed by atoms with Crippen LogP contribution in [0.15, 0.2) is 64.3 Å². The van der Waals surface area contributed by atoms with Crippen LogP contribution in [0.25, 0.3) is 0 Å². The first-order valence-corrected chi connectivity index (χ1v) is 9.22. The van der Waals surface area contributed by atoms with Crippen LogP contribution in [0, 0.1) is 6.92 Å². The number of aryl methyl sites for hydroxylation is 1. The monoisotopic (exact) mass is 424 g/mol. The van der Waals surface area contributed by atoms with Gasteiger partial charge in [-0.1, -0.05) is 51.4 Å². The fraction of sp³-hybridized carbons (Fsp3) is 0.158. The number of amides is 1. The summed E-state index contributed by atoms with van der Waals surface area (Å²) < 4.78 is 2.55. The number of anilines is 2. The standard InChI is InChI=1S/C19H17BrN6O/c1-11-6-3-4-9-15(11)22-18(27)16-12(2)21-19-23-24-25-26(19)17(16)13-7-5-8-14(20)10-13/h3-10,17H,1-2H3,(H,22,27)(H,21,23,25). The fourth-order valence-corrected chi connectivity index (χ4v) is 3.61. The summed E-state index contributed by atoms with van der Waals surface area (Å²) >= 11 is 3.50. The number of hydrogen-bond donors (Lipinski definition) is 2. The fourth-order valence-electron chi connectivity index (χ4n) is 3.19. The average molecular weight is 425 g/mol. The van der Waals surface area contributed by atoms with Crippen LogP contribution in [0.5, 0.6) is 0 Å². The maximum atomic E-state index is 13.2. The van der Waals surface area contributed by atoms with E-state index in [1.54, 1.807) is 4.68 Å². The summed E-state index contributed by atoms with van der Waals surface area (Å²) in [5.41, 5.74) is 3.96. The number of fused-ring (bicyclic) bond motifs is 1. The molecule has 0 spiro atoms. The molecule has 7 nitrogen and oxygen atoms in total. The van der Waals surface area contributed by atoms with E-state index in [-0.39, 0.29) is 5.91 Å². The third kappa shape index (κ3) is 3.23. The number of nitrogens with zero attached hydrogens (tertiary/aromatic N) is 4. The number of nitrogens with one attached hydrogen (secondary N) is 2. The van der Waals surface area contributed by atoms with Crippen LogP contribution < -0.4 is 10.6 Å².